The summed E-state index contributed by atoms with van der Waals surface area (Å²) >= 11 is 0. The van der Waals surface area contributed by atoms with Crippen LogP contribution in [-0.2, 0) is 0 Å². The number of unbranched alkanes of at least 4 members (excludes halogenated alkanes) is 1. The van der Waals surface area contributed by atoms with Crippen molar-refractivity contribution in [3.8, 4) is 0 Å². The van der Waals surface area contributed by atoms with Gasteiger partial charge in [0.25, 0.3) is 0 Å². The normalized spacial score (nSPS) is 14.4. The Morgan fingerprint density at radius 2 is 1.94 bits per heavy atom. The summed E-state index contributed by atoms with van der Waals surface area (Å²) in [5.74, 6) is 0.503. The van der Waals surface area contributed by atoms with Crippen LogP contribution >= 0.6 is 0 Å². The van der Waals surface area contributed by atoms with Gasteiger partial charge in [-0.3, -0.25) is 0 Å². The molecule has 0 heterocycles. The van der Waals surface area contributed by atoms with Crippen molar-refractivity contribution in [2.45, 2.75) is 59.9 Å². The van der Waals surface area contributed by atoms with E-state index in [1.165, 1.54) is 30.5 Å². The highest BCUT2D eigenvalue weighted by Gasteiger charge is 2.03. The van der Waals surface area contributed by atoms with Gasteiger partial charge in [0.1, 0.15) is 0 Å². The molecule has 0 aliphatic carbocycles. The van der Waals surface area contributed by atoms with Crippen molar-refractivity contribution in [1.29, 1.82) is 0 Å². The molecule has 1 unspecified atom stereocenters. The maximum atomic E-state index is 4.10. The van der Waals surface area contributed by atoms with Gasteiger partial charge < -0.3 is 5.32 Å². The third kappa shape index (κ3) is 7.84. The van der Waals surface area contributed by atoms with E-state index < -0.39 is 0 Å². The van der Waals surface area contributed by atoms with E-state index in [0.29, 0.717) is 12.0 Å². The molecule has 1 atom stereocenters. The minimum absolute atomic E-state index is 0.503. The molecule has 0 amide bonds. The fraction of sp³-hybridized carbons (Fsp3) is 0.625. The van der Waals surface area contributed by atoms with E-state index in [2.05, 4.69) is 57.8 Å². The van der Waals surface area contributed by atoms with Gasteiger partial charge in [0.05, 0.1) is 0 Å². The van der Waals surface area contributed by atoms with Crippen LogP contribution in [0.2, 0.25) is 0 Å². The molecule has 0 aromatic rings. The van der Waals surface area contributed by atoms with Crippen molar-refractivity contribution >= 4 is 0 Å². The monoisotopic (exact) mass is 235 g/mol. The predicted molar refractivity (Wildman–Crippen MR) is 79.0 cm³/mol. The topological polar surface area (TPSA) is 12.0 Å². The van der Waals surface area contributed by atoms with Crippen molar-refractivity contribution in [2.24, 2.45) is 5.92 Å². The number of allylic oxidation sites excluding steroid dienone is 4. The van der Waals surface area contributed by atoms with E-state index >= 15 is 0 Å². The van der Waals surface area contributed by atoms with Crippen molar-refractivity contribution in [3.05, 3.63) is 36.1 Å². The molecule has 0 rings (SSSR count). The summed E-state index contributed by atoms with van der Waals surface area (Å²) in [6.07, 6.45) is 10.1. The van der Waals surface area contributed by atoms with Crippen LogP contribution < -0.4 is 5.32 Å². The lowest BCUT2D eigenvalue weighted by atomic mass is 10.0. The fourth-order valence-corrected chi connectivity index (χ4v) is 1.55. The first-order valence-electron chi connectivity index (χ1n) is 6.81. The number of nitrogens with one attached hydrogen (secondary N) is 1. The van der Waals surface area contributed by atoms with Gasteiger partial charge in [0.2, 0.25) is 0 Å². The fourth-order valence-electron chi connectivity index (χ4n) is 1.55. The summed E-state index contributed by atoms with van der Waals surface area (Å²) in [7, 11) is 0. The molecule has 0 aromatic carbocycles. The molecule has 0 saturated heterocycles. The van der Waals surface area contributed by atoms with E-state index in [4.69, 9.17) is 0 Å². The average Bonchev–Trinajstić information content (AvgIpc) is 2.26. The molecule has 98 valence electrons. The van der Waals surface area contributed by atoms with Crippen LogP contribution in [-0.4, -0.2) is 6.04 Å². The molecule has 0 bridgehead atoms. The third-order valence-corrected chi connectivity index (χ3v) is 2.83. The van der Waals surface area contributed by atoms with Crippen molar-refractivity contribution < 1.29 is 0 Å². The first-order valence-corrected chi connectivity index (χ1v) is 6.81. The summed E-state index contributed by atoms with van der Waals surface area (Å²) in [6.45, 7) is 15.0. The summed E-state index contributed by atoms with van der Waals surface area (Å²) in [6, 6.07) is 0.525. The van der Waals surface area contributed by atoms with Gasteiger partial charge in [-0.25, -0.2) is 0 Å². The van der Waals surface area contributed by atoms with Gasteiger partial charge in [-0.05, 0) is 38.3 Å². The molecular formula is C16H29N. The molecule has 0 aromatic heterocycles. The second-order valence-corrected chi connectivity index (χ2v) is 5.02. The minimum atomic E-state index is 0.503. The van der Waals surface area contributed by atoms with Gasteiger partial charge in [-0.2, -0.15) is 0 Å². The van der Waals surface area contributed by atoms with Gasteiger partial charge >= 0.3 is 0 Å². The van der Waals surface area contributed by atoms with Crippen LogP contribution in [0.4, 0.5) is 0 Å². The summed E-state index contributed by atoms with van der Waals surface area (Å²) in [5.41, 5.74) is 2.35. The van der Waals surface area contributed by atoms with Gasteiger partial charge in [-0.1, -0.05) is 51.8 Å². The molecule has 0 aliphatic heterocycles. The van der Waals surface area contributed by atoms with Crippen LogP contribution in [0.5, 0.6) is 0 Å². The maximum Gasteiger partial charge on any atom is 0.0341 e. The molecule has 0 aliphatic rings. The molecule has 0 spiro atoms. The van der Waals surface area contributed by atoms with Crippen LogP contribution in [0.3, 0.4) is 0 Å². The smallest absolute Gasteiger partial charge is 0.0341 e. The highest BCUT2D eigenvalue weighted by Crippen LogP contribution is 2.12. The molecule has 1 nitrogen and oxygen atoms in total. The van der Waals surface area contributed by atoms with Crippen LogP contribution in [0, 0.1) is 5.92 Å². The van der Waals surface area contributed by atoms with E-state index in [9.17, 15) is 0 Å². The lowest BCUT2D eigenvalue weighted by molar-refractivity contribution is 0.544. The average molecular weight is 235 g/mol. The highest BCUT2D eigenvalue weighted by atomic mass is 14.9. The van der Waals surface area contributed by atoms with Crippen molar-refractivity contribution in [2.75, 3.05) is 0 Å². The van der Waals surface area contributed by atoms with Crippen molar-refractivity contribution in [1.82, 2.24) is 5.32 Å². The second kappa shape index (κ2) is 9.09. The van der Waals surface area contributed by atoms with E-state index in [-0.39, 0.29) is 0 Å². The second-order valence-electron chi connectivity index (χ2n) is 5.02. The van der Waals surface area contributed by atoms with Gasteiger partial charge in [-0.15, -0.1) is 0 Å². The summed E-state index contributed by atoms with van der Waals surface area (Å²) < 4.78 is 0. The number of hydrogen-bond acceptors (Lipinski definition) is 1. The first-order chi connectivity index (χ1) is 8.01. The standard InChI is InChI=1S/C16H29N/c1-7-9-11-15(6)17-16(10-8-2)12-14(5)13(3)4/h8,10,12-13,15,17H,5,7,9,11H2,1-4,6H3/b10-8-,16-12+. The summed E-state index contributed by atoms with van der Waals surface area (Å²) in [4.78, 5) is 0. The lowest BCUT2D eigenvalue weighted by Gasteiger charge is -2.17. The Morgan fingerprint density at radius 1 is 1.29 bits per heavy atom. The molecule has 17 heavy (non-hydrogen) atoms. The zero-order valence-electron chi connectivity index (χ0n) is 12.2. The van der Waals surface area contributed by atoms with Crippen LogP contribution in [0.1, 0.15) is 53.9 Å². The molecular weight excluding hydrogens is 206 g/mol. The molecule has 0 fully saturated rings. The SMILES string of the molecule is C=C(/C=C(\C=C/C)NC(C)CCCC)C(C)C. The Bertz CT molecular complexity index is 271. The van der Waals surface area contributed by atoms with Crippen molar-refractivity contribution in [3.63, 3.8) is 0 Å². The Hall–Kier alpha value is -0.980. The van der Waals surface area contributed by atoms with E-state index in [0.717, 1.165) is 0 Å². The Labute approximate surface area is 108 Å². The molecule has 0 radical (unpaired) electrons. The summed E-state index contributed by atoms with van der Waals surface area (Å²) in [5, 5.41) is 3.55. The van der Waals surface area contributed by atoms with E-state index in [1.54, 1.807) is 0 Å². The minimum Gasteiger partial charge on any atom is -0.383 e. The van der Waals surface area contributed by atoms with Crippen LogP contribution in [0.25, 0.3) is 0 Å². The lowest BCUT2D eigenvalue weighted by Crippen LogP contribution is -2.24. The highest BCUT2D eigenvalue weighted by molar-refractivity contribution is 5.28. The predicted octanol–water partition coefficient (Wildman–Crippen LogP) is 4.83. The Kier molecular flexibility index (Phi) is 8.57. The zero-order chi connectivity index (χ0) is 13.3. The Balaban J connectivity index is 4.48. The van der Waals surface area contributed by atoms with E-state index in [1.807, 2.05) is 6.92 Å². The van der Waals surface area contributed by atoms with Gasteiger partial charge in [0.15, 0.2) is 0 Å². The Morgan fingerprint density at radius 3 is 2.41 bits per heavy atom. The number of hydrogen-bond donors (Lipinski definition) is 1. The largest absolute Gasteiger partial charge is 0.383 e. The molecule has 1 N–H and O–H groups in total. The van der Waals surface area contributed by atoms with Gasteiger partial charge in [0, 0.05) is 11.7 Å². The third-order valence-electron chi connectivity index (χ3n) is 2.83. The molecule has 0 saturated carbocycles. The first kappa shape index (κ1) is 16.0. The van der Waals surface area contributed by atoms with Crippen LogP contribution in [0.15, 0.2) is 36.1 Å². The molecule has 1 heteroatoms. The number of rotatable bonds is 8. The quantitative estimate of drug-likeness (QED) is 0.594. The maximum absolute atomic E-state index is 4.10. The zero-order valence-corrected chi connectivity index (χ0v) is 12.2.